The first-order valence-corrected chi connectivity index (χ1v) is 5.80. The first-order chi connectivity index (χ1) is 8.08. The van der Waals surface area contributed by atoms with E-state index in [1.54, 1.807) is 27.7 Å². The molecule has 0 aliphatic heterocycles. The number of aliphatic carboxylic acids is 1. The Balaban J connectivity index is 5.03. The molecule has 0 spiro atoms. The highest BCUT2D eigenvalue weighted by Gasteiger charge is 2.32. The molecule has 0 saturated carbocycles. The molecule has 0 aliphatic rings. The van der Waals surface area contributed by atoms with Crippen LogP contribution in [0.15, 0.2) is 0 Å². The Hall–Kier alpha value is -1.59. The molecule has 1 unspecified atom stereocenters. The molecule has 0 aromatic heterocycles. The van der Waals surface area contributed by atoms with Crippen LogP contribution in [-0.2, 0) is 14.3 Å². The largest absolute Gasteiger partial charge is 0.480 e. The van der Waals surface area contributed by atoms with Crippen LogP contribution in [0.2, 0.25) is 0 Å². The summed E-state index contributed by atoms with van der Waals surface area (Å²) in [6, 6.07) is -1.05. The Morgan fingerprint density at radius 3 is 2.06 bits per heavy atom. The fourth-order valence-electron chi connectivity index (χ4n) is 1.39. The van der Waals surface area contributed by atoms with Gasteiger partial charge in [0.25, 0.3) is 0 Å². The molecule has 0 fully saturated rings. The van der Waals surface area contributed by atoms with Gasteiger partial charge < -0.3 is 9.84 Å². The van der Waals surface area contributed by atoms with Crippen molar-refractivity contribution < 1.29 is 24.2 Å². The molecule has 1 atom stereocenters. The first-order valence-electron chi connectivity index (χ1n) is 5.80. The Morgan fingerprint density at radius 1 is 1.28 bits per heavy atom. The van der Waals surface area contributed by atoms with Crippen LogP contribution in [0.5, 0.6) is 0 Å². The molecule has 0 heterocycles. The lowest BCUT2D eigenvalue weighted by Gasteiger charge is -2.30. The SMILES string of the molecule is CCC(C(=O)O)N(CC(C)=O)C(=O)OC(C)(C)C. The van der Waals surface area contributed by atoms with Gasteiger partial charge in [-0.05, 0) is 34.1 Å². The third-order valence-corrected chi connectivity index (χ3v) is 2.07. The van der Waals surface area contributed by atoms with Crippen LogP contribution in [0.3, 0.4) is 0 Å². The quantitative estimate of drug-likeness (QED) is 0.812. The van der Waals surface area contributed by atoms with Gasteiger partial charge in [-0.25, -0.2) is 9.59 Å². The maximum Gasteiger partial charge on any atom is 0.411 e. The topological polar surface area (TPSA) is 83.9 Å². The molecule has 18 heavy (non-hydrogen) atoms. The van der Waals surface area contributed by atoms with E-state index in [4.69, 9.17) is 9.84 Å². The van der Waals surface area contributed by atoms with E-state index in [0.29, 0.717) is 0 Å². The monoisotopic (exact) mass is 259 g/mol. The van der Waals surface area contributed by atoms with Gasteiger partial charge in [-0.1, -0.05) is 6.92 Å². The predicted molar refractivity (Wildman–Crippen MR) is 65.3 cm³/mol. The Bertz CT molecular complexity index is 332. The average molecular weight is 259 g/mol. The third kappa shape index (κ3) is 5.65. The Morgan fingerprint density at radius 2 is 1.78 bits per heavy atom. The molecule has 0 aliphatic carbocycles. The minimum absolute atomic E-state index is 0.210. The van der Waals surface area contributed by atoms with E-state index in [-0.39, 0.29) is 18.7 Å². The molecular formula is C12H21NO5. The molecule has 0 radical (unpaired) electrons. The molecule has 104 valence electrons. The van der Waals surface area contributed by atoms with Crippen LogP contribution in [0, 0.1) is 0 Å². The number of carbonyl (C=O) groups excluding carboxylic acids is 2. The second kappa shape index (κ2) is 6.37. The van der Waals surface area contributed by atoms with Crippen LogP contribution in [0.1, 0.15) is 41.0 Å². The highest BCUT2D eigenvalue weighted by molar-refractivity contribution is 5.86. The molecule has 0 aromatic carbocycles. The number of nitrogens with zero attached hydrogens (tertiary/aromatic N) is 1. The van der Waals surface area contributed by atoms with Gasteiger partial charge in [0.15, 0.2) is 0 Å². The van der Waals surface area contributed by atoms with Gasteiger partial charge in [0.2, 0.25) is 0 Å². The highest BCUT2D eigenvalue weighted by Crippen LogP contribution is 2.13. The molecule has 0 bridgehead atoms. The lowest BCUT2D eigenvalue weighted by atomic mass is 10.2. The minimum atomic E-state index is -1.15. The highest BCUT2D eigenvalue weighted by atomic mass is 16.6. The summed E-state index contributed by atoms with van der Waals surface area (Å²) in [7, 11) is 0. The summed E-state index contributed by atoms with van der Waals surface area (Å²) < 4.78 is 5.11. The van der Waals surface area contributed by atoms with Gasteiger partial charge in [0, 0.05) is 0 Å². The van der Waals surface area contributed by atoms with Gasteiger partial charge in [0.05, 0.1) is 6.54 Å². The molecule has 1 amide bonds. The molecule has 0 rings (SSSR count). The number of Topliss-reactive ketones (excluding diaryl/α,β-unsaturated/α-hetero) is 1. The maximum absolute atomic E-state index is 11.9. The lowest BCUT2D eigenvalue weighted by molar-refractivity contribution is -0.143. The minimum Gasteiger partial charge on any atom is -0.480 e. The summed E-state index contributed by atoms with van der Waals surface area (Å²) in [5.74, 6) is -1.44. The molecular weight excluding hydrogens is 238 g/mol. The number of carboxylic acids is 1. The predicted octanol–water partition coefficient (Wildman–Crippen LogP) is 1.68. The number of ketones is 1. The summed E-state index contributed by atoms with van der Waals surface area (Å²) in [5.41, 5.74) is -0.733. The average Bonchev–Trinajstić information content (AvgIpc) is 2.13. The van der Waals surface area contributed by atoms with Gasteiger partial charge in [-0.2, -0.15) is 0 Å². The van der Waals surface area contributed by atoms with Crippen molar-refractivity contribution in [1.82, 2.24) is 4.90 Å². The number of ether oxygens (including phenoxy) is 1. The summed E-state index contributed by atoms with van der Waals surface area (Å²) in [6.07, 6.45) is -0.575. The molecule has 0 saturated heterocycles. The summed E-state index contributed by atoms with van der Waals surface area (Å²) in [4.78, 5) is 35.0. The summed E-state index contributed by atoms with van der Waals surface area (Å²) in [5, 5.41) is 9.04. The van der Waals surface area contributed by atoms with E-state index in [0.717, 1.165) is 4.90 Å². The normalized spacial score (nSPS) is 12.7. The van der Waals surface area contributed by atoms with Gasteiger partial charge in [0.1, 0.15) is 17.4 Å². The smallest absolute Gasteiger partial charge is 0.411 e. The number of amides is 1. The number of hydrogen-bond donors (Lipinski definition) is 1. The Labute approximate surface area is 107 Å². The van der Waals surface area contributed by atoms with Crippen LogP contribution in [0.4, 0.5) is 4.79 Å². The van der Waals surface area contributed by atoms with E-state index in [2.05, 4.69) is 0 Å². The summed E-state index contributed by atoms with van der Waals surface area (Å²) >= 11 is 0. The first kappa shape index (κ1) is 16.4. The van der Waals surface area contributed by atoms with Crippen molar-refractivity contribution in [2.45, 2.75) is 52.7 Å². The van der Waals surface area contributed by atoms with E-state index in [9.17, 15) is 14.4 Å². The zero-order valence-electron chi connectivity index (χ0n) is 11.5. The van der Waals surface area contributed by atoms with Crippen molar-refractivity contribution in [2.75, 3.05) is 6.54 Å². The Kier molecular flexibility index (Phi) is 5.81. The van der Waals surface area contributed by atoms with Crippen molar-refractivity contribution in [3.8, 4) is 0 Å². The van der Waals surface area contributed by atoms with E-state index < -0.39 is 23.7 Å². The van der Waals surface area contributed by atoms with Crippen molar-refractivity contribution in [3.05, 3.63) is 0 Å². The van der Waals surface area contributed by atoms with Crippen molar-refractivity contribution in [2.24, 2.45) is 0 Å². The van der Waals surface area contributed by atoms with Crippen LogP contribution >= 0.6 is 0 Å². The molecule has 1 N–H and O–H groups in total. The van der Waals surface area contributed by atoms with Crippen molar-refractivity contribution >= 4 is 17.8 Å². The number of carboxylic acid groups (broad SMARTS) is 1. The molecule has 6 nitrogen and oxygen atoms in total. The van der Waals surface area contributed by atoms with Gasteiger partial charge in [-0.3, -0.25) is 9.69 Å². The zero-order chi connectivity index (χ0) is 14.5. The van der Waals surface area contributed by atoms with Crippen molar-refractivity contribution in [3.63, 3.8) is 0 Å². The second-order valence-corrected chi connectivity index (χ2v) is 5.07. The van der Waals surface area contributed by atoms with Crippen molar-refractivity contribution in [1.29, 1.82) is 0 Å². The van der Waals surface area contributed by atoms with Gasteiger partial charge >= 0.3 is 12.1 Å². The lowest BCUT2D eigenvalue weighted by Crippen LogP contribution is -2.48. The maximum atomic E-state index is 11.9. The summed E-state index contributed by atoms with van der Waals surface area (Å²) in [6.45, 7) is 7.71. The van der Waals surface area contributed by atoms with Crippen LogP contribution in [0.25, 0.3) is 0 Å². The fraction of sp³-hybridized carbons (Fsp3) is 0.750. The second-order valence-electron chi connectivity index (χ2n) is 5.07. The number of rotatable bonds is 5. The third-order valence-electron chi connectivity index (χ3n) is 2.07. The number of carbonyl (C=O) groups is 3. The zero-order valence-corrected chi connectivity index (χ0v) is 11.5. The van der Waals surface area contributed by atoms with E-state index in [1.165, 1.54) is 6.92 Å². The van der Waals surface area contributed by atoms with Crippen LogP contribution in [-0.4, -0.2) is 46.0 Å². The van der Waals surface area contributed by atoms with E-state index in [1.807, 2.05) is 0 Å². The molecule has 0 aromatic rings. The molecule has 6 heteroatoms. The fourth-order valence-corrected chi connectivity index (χ4v) is 1.39. The number of hydrogen-bond acceptors (Lipinski definition) is 4. The standard InChI is InChI=1S/C12H21NO5/c1-6-9(10(15)16)13(7-8(2)14)11(17)18-12(3,4)5/h9H,6-7H2,1-5H3,(H,15,16). The van der Waals surface area contributed by atoms with E-state index >= 15 is 0 Å². The van der Waals surface area contributed by atoms with Gasteiger partial charge in [-0.15, -0.1) is 0 Å². The van der Waals surface area contributed by atoms with Crippen LogP contribution < -0.4 is 0 Å².